The van der Waals surface area contributed by atoms with Gasteiger partial charge in [-0.05, 0) is 71.2 Å². The third-order valence-electron chi connectivity index (χ3n) is 6.56. The van der Waals surface area contributed by atoms with Crippen LogP contribution in [0.3, 0.4) is 0 Å². The van der Waals surface area contributed by atoms with Crippen LogP contribution in [-0.2, 0) is 48.2 Å². The number of imide groups is 1. The van der Waals surface area contributed by atoms with Crippen molar-refractivity contribution in [2.45, 2.75) is 91.8 Å². The zero-order valence-electron chi connectivity index (χ0n) is 25.9. The maximum atomic E-state index is 13.6. The van der Waals surface area contributed by atoms with E-state index in [9.17, 15) is 28.8 Å². The number of fused-ring (bicyclic) bond motifs is 2. The predicted octanol–water partition coefficient (Wildman–Crippen LogP) is 3.75. The minimum atomic E-state index is -1.12. The third-order valence-corrected chi connectivity index (χ3v) is 7.68. The summed E-state index contributed by atoms with van der Waals surface area (Å²) in [5.41, 5.74) is -0.170. The van der Waals surface area contributed by atoms with Gasteiger partial charge in [-0.3, -0.25) is 24.1 Å². The van der Waals surface area contributed by atoms with Gasteiger partial charge in [-0.1, -0.05) is 13.0 Å². The molecule has 2 aliphatic heterocycles. The molecule has 2 N–H and O–H groups in total. The first-order valence-corrected chi connectivity index (χ1v) is 15.1. The summed E-state index contributed by atoms with van der Waals surface area (Å²) in [4.78, 5) is 79.4. The second-order valence-electron chi connectivity index (χ2n) is 12.5. The van der Waals surface area contributed by atoms with E-state index in [-0.39, 0.29) is 41.6 Å². The van der Waals surface area contributed by atoms with E-state index in [4.69, 9.17) is 14.2 Å². The smallest absolute Gasteiger partial charge is 0.397 e. The highest BCUT2D eigenvalue weighted by Crippen LogP contribution is 2.40. The monoisotopic (exact) mass is 627 g/mol. The number of hydrogen-bond donors (Lipinski definition) is 2. The molecule has 1 aromatic heterocycles. The lowest BCUT2D eigenvalue weighted by Gasteiger charge is -2.26. The fourth-order valence-corrected chi connectivity index (χ4v) is 5.80. The van der Waals surface area contributed by atoms with E-state index in [1.165, 1.54) is 6.07 Å². The van der Waals surface area contributed by atoms with Gasteiger partial charge >= 0.3 is 17.8 Å². The number of ether oxygens (including phenoxy) is 3. The molecule has 0 fully saturated rings. The van der Waals surface area contributed by atoms with Crippen LogP contribution in [0.25, 0.3) is 0 Å². The highest BCUT2D eigenvalue weighted by Gasteiger charge is 2.41. The quantitative estimate of drug-likeness (QED) is 0.277. The fourth-order valence-electron chi connectivity index (χ4n) is 4.67. The number of benzene rings is 1. The second-order valence-corrected chi connectivity index (χ2v) is 13.6. The Morgan fingerprint density at radius 2 is 1.73 bits per heavy atom. The summed E-state index contributed by atoms with van der Waals surface area (Å²) in [5.74, 6) is -4.40. The number of thiophene rings is 1. The van der Waals surface area contributed by atoms with Crippen molar-refractivity contribution >= 4 is 51.9 Å². The molecule has 12 nitrogen and oxygen atoms in total. The molecule has 1 aromatic carbocycles. The van der Waals surface area contributed by atoms with Crippen molar-refractivity contribution in [3.63, 3.8) is 0 Å². The molecular formula is C31H37N3O9S. The van der Waals surface area contributed by atoms with Gasteiger partial charge in [-0.2, -0.15) is 0 Å². The molecule has 0 spiro atoms. The van der Waals surface area contributed by atoms with E-state index in [1.54, 1.807) is 53.7 Å². The maximum absolute atomic E-state index is 13.6. The first kappa shape index (κ1) is 32.8. The molecule has 1 atom stereocenters. The van der Waals surface area contributed by atoms with Gasteiger partial charge in [0.15, 0.2) is 0 Å². The van der Waals surface area contributed by atoms with Crippen LogP contribution < -0.4 is 10.6 Å². The van der Waals surface area contributed by atoms with Crippen LogP contribution in [-0.4, -0.2) is 64.3 Å². The number of nitrogens with zero attached hydrogens (tertiary/aromatic N) is 1. The van der Waals surface area contributed by atoms with E-state index < -0.39 is 47.0 Å². The molecule has 2 aliphatic rings. The fraction of sp³-hybridized carbons (Fsp3) is 0.484. The molecule has 2 aromatic rings. The summed E-state index contributed by atoms with van der Waals surface area (Å²) in [7, 11) is 0. The van der Waals surface area contributed by atoms with Gasteiger partial charge in [0.1, 0.15) is 22.3 Å². The molecule has 236 valence electrons. The lowest BCUT2D eigenvalue weighted by molar-refractivity contribution is -0.161. The van der Waals surface area contributed by atoms with Gasteiger partial charge in [0.2, 0.25) is 0 Å². The van der Waals surface area contributed by atoms with Gasteiger partial charge < -0.3 is 24.8 Å². The first-order chi connectivity index (χ1) is 20.5. The van der Waals surface area contributed by atoms with Crippen LogP contribution in [0.1, 0.15) is 102 Å². The van der Waals surface area contributed by atoms with Crippen LogP contribution in [0.2, 0.25) is 0 Å². The number of hydrogen-bond acceptors (Lipinski definition) is 10. The Balaban J connectivity index is 1.58. The number of anilines is 1. The van der Waals surface area contributed by atoms with Crippen molar-refractivity contribution in [3.05, 3.63) is 50.9 Å². The van der Waals surface area contributed by atoms with Crippen LogP contribution in [0, 0.1) is 0 Å². The average Bonchev–Trinajstić information content (AvgIpc) is 3.45. The van der Waals surface area contributed by atoms with E-state index in [1.807, 2.05) is 6.92 Å². The molecule has 0 saturated carbocycles. The summed E-state index contributed by atoms with van der Waals surface area (Å²) in [6, 6.07) is 4.75. The Morgan fingerprint density at radius 1 is 1.05 bits per heavy atom. The summed E-state index contributed by atoms with van der Waals surface area (Å²) < 4.78 is 16.6. The molecule has 0 radical (unpaired) electrons. The zero-order valence-corrected chi connectivity index (χ0v) is 26.7. The molecule has 4 amide bonds. The van der Waals surface area contributed by atoms with Crippen molar-refractivity contribution in [1.29, 1.82) is 0 Å². The SMILES string of the molecule is CCCNC(=O)c1ccc2c(c1)C(=O)N(C(=O)C1Cc3c(sc(NC(=O)C(=O)OC(C)(C)C)c3C(=O)OC(C)(C)C)CO1)C2. The van der Waals surface area contributed by atoms with Gasteiger partial charge in [0.25, 0.3) is 17.7 Å². The Kier molecular flexibility index (Phi) is 9.31. The Morgan fingerprint density at radius 3 is 2.36 bits per heavy atom. The van der Waals surface area contributed by atoms with E-state index in [2.05, 4.69) is 10.6 Å². The highest BCUT2D eigenvalue weighted by molar-refractivity contribution is 7.17. The minimum Gasteiger partial charge on any atom is -0.456 e. The normalized spacial score (nSPS) is 16.1. The average molecular weight is 628 g/mol. The van der Waals surface area contributed by atoms with Gasteiger partial charge in [-0.25, -0.2) is 9.59 Å². The van der Waals surface area contributed by atoms with Crippen LogP contribution in [0.15, 0.2) is 18.2 Å². The summed E-state index contributed by atoms with van der Waals surface area (Å²) in [6.07, 6.45) is -0.427. The second kappa shape index (κ2) is 12.5. The zero-order chi connectivity index (χ0) is 32.6. The molecule has 13 heteroatoms. The molecule has 44 heavy (non-hydrogen) atoms. The lowest BCUT2D eigenvalue weighted by Crippen LogP contribution is -2.43. The number of rotatable bonds is 6. The van der Waals surface area contributed by atoms with Crippen molar-refractivity contribution in [1.82, 2.24) is 10.2 Å². The minimum absolute atomic E-state index is 0.0102. The van der Waals surface area contributed by atoms with Crippen molar-refractivity contribution in [3.8, 4) is 0 Å². The molecular weight excluding hydrogens is 590 g/mol. The van der Waals surface area contributed by atoms with E-state index >= 15 is 0 Å². The Hall–Kier alpha value is -4.10. The summed E-state index contributed by atoms with van der Waals surface area (Å²) in [6.45, 7) is 12.3. The van der Waals surface area contributed by atoms with Crippen molar-refractivity contribution in [2.75, 3.05) is 11.9 Å². The van der Waals surface area contributed by atoms with Gasteiger partial charge in [-0.15, -0.1) is 11.3 Å². The highest BCUT2D eigenvalue weighted by atomic mass is 32.1. The topological polar surface area (TPSA) is 157 Å². The number of nitrogens with one attached hydrogen (secondary N) is 2. The van der Waals surface area contributed by atoms with Gasteiger partial charge in [0, 0.05) is 29.0 Å². The number of carbonyl (C=O) groups excluding carboxylic acids is 6. The standard InChI is InChI=1S/C31H37N3O9S/c1-8-11-32-23(35)16-9-10-17-14-34(26(37)18(17)12-16)27(38)20-13-19-21(15-41-20)44-25(22(19)28(39)42-30(2,3)4)33-24(36)29(40)43-31(5,6)7/h9-10,12,20H,8,11,13-15H2,1-7H3,(H,32,35)(H,33,36). The number of carbonyl (C=O) groups is 6. The molecule has 0 saturated heterocycles. The number of amides is 4. The lowest BCUT2D eigenvalue weighted by atomic mass is 9.99. The van der Waals surface area contributed by atoms with Crippen LogP contribution in [0.4, 0.5) is 5.00 Å². The molecule has 3 heterocycles. The first-order valence-electron chi connectivity index (χ1n) is 14.3. The maximum Gasteiger partial charge on any atom is 0.397 e. The summed E-state index contributed by atoms with van der Waals surface area (Å²) in [5, 5.41) is 5.30. The third kappa shape index (κ3) is 7.33. The Labute approximate surface area is 259 Å². The Bertz CT molecular complexity index is 1530. The van der Waals surface area contributed by atoms with Crippen molar-refractivity contribution in [2.24, 2.45) is 0 Å². The molecule has 1 unspecified atom stereocenters. The largest absolute Gasteiger partial charge is 0.456 e. The van der Waals surface area contributed by atoms with E-state index in [0.29, 0.717) is 28.1 Å². The summed E-state index contributed by atoms with van der Waals surface area (Å²) >= 11 is 1.03. The number of esters is 2. The van der Waals surface area contributed by atoms with Crippen LogP contribution in [0.5, 0.6) is 0 Å². The van der Waals surface area contributed by atoms with Crippen LogP contribution >= 0.6 is 11.3 Å². The molecule has 0 aliphatic carbocycles. The molecule has 4 rings (SSSR count). The predicted molar refractivity (Wildman–Crippen MR) is 160 cm³/mol. The van der Waals surface area contributed by atoms with Gasteiger partial charge in [0.05, 0.1) is 18.7 Å². The van der Waals surface area contributed by atoms with E-state index in [0.717, 1.165) is 22.7 Å². The van der Waals surface area contributed by atoms with Crippen molar-refractivity contribution < 1.29 is 43.0 Å². The molecule has 0 bridgehead atoms.